The van der Waals surface area contributed by atoms with Gasteiger partial charge in [-0.15, -0.1) is 0 Å². The molecule has 13 heteroatoms. The van der Waals surface area contributed by atoms with Crippen molar-refractivity contribution in [1.82, 2.24) is 20.4 Å². The van der Waals surface area contributed by atoms with E-state index in [2.05, 4.69) is 25.6 Å². The molecule has 3 atom stereocenters. The SMILES string of the molecule is CC(C)(C)OC(=O)NCCC(=O)N[C@H](Cc1ccc(Cl)cc1Cl)C(=O)N1CCN([C@@H]2CCCC[C@@H]2CN=[N+]=[N-])CC1. The van der Waals surface area contributed by atoms with Gasteiger partial charge < -0.3 is 20.3 Å². The summed E-state index contributed by atoms with van der Waals surface area (Å²) in [5, 5.41) is 10.2. The van der Waals surface area contributed by atoms with Gasteiger partial charge in [0.25, 0.3) is 0 Å². The van der Waals surface area contributed by atoms with Gasteiger partial charge in [0.1, 0.15) is 11.6 Å². The van der Waals surface area contributed by atoms with Gasteiger partial charge in [-0.1, -0.05) is 47.2 Å². The van der Waals surface area contributed by atoms with Crippen molar-refractivity contribution in [2.45, 2.75) is 77.0 Å². The molecule has 0 radical (unpaired) electrons. The second-order valence-electron chi connectivity index (χ2n) is 11.6. The number of nitrogens with one attached hydrogen (secondary N) is 2. The van der Waals surface area contributed by atoms with Gasteiger partial charge in [0.15, 0.2) is 0 Å². The third-order valence-electron chi connectivity index (χ3n) is 7.44. The monoisotopic (exact) mass is 609 g/mol. The van der Waals surface area contributed by atoms with E-state index in [9.17, 15) is 14.4 Å². The van der Waals surface area contributed by atoms with Crippen LogP contribution in [0.15, 0.2) is 23.3 Å². The highest BCUT2D eigenvalue weighted by Gasteiger charge is 2.34. The van der Waals surface area contributed by atoms with Crippen LogP contribution in [0.3, 0.4) is 0 Å². The molecule has 11 nitrogen and oxygen atoms in total. The molecule has 3 amide bonds. The second kappa shape index (κ2) is 15.5. The number of rotatable bonds is 10. The molecule has 1 aliphatic carbocycles. The van der Waals surface area contributed by atoms with E-state index in [-0.39, 0.29) is 31.2 Å². The number of alkyl carbamates (subject to hydrolysis) is 1. The van der Waals surface area contributed by atoms with Crippen molar-refractivity contribution < 1.29 is 19.1 Å². The molecular weight excluding hydrogens is 569 g/mol. The van der Waals surface area contributed by atoms with Crippen LogP contribution in [-0.4, -0.2) is 84.7 Å². The second-order valence-corrected chi connectivity index (χ2v) is 12.5. The third-order valence-corrected chi connectivity index (χ3v) is 8.02. The quantitative estimate of drug-likeness (QED) is 0.219. The van der Waals surface area contributed by atoms with Gasteiger partial charge in [-0.2, -0.15) is 0 Å². The zero-order valence-corrected chi connectivity index (χ0v) is 25.6. The molecule has 1 aliphatic heterocycles. The smallest absolute Gasteiger partial charge is 0.407 e. The number of piperazine rings is 1. The Labute approximate surface area is 251 Å². The maximum atomic E-state index is 13.7. The Kier molecular flexibility index (Phi) is 12.4. The highest BCUT2D eigenvalue weighted by Crippen LogP contribution is 2.30. The first-order valence-corrected chi connectivity index (χ1v) is 15.0. The maximum absolute atomic E-state index is 13.7. The molecule has 3 rings (SSSR count). The lowest BCUT2D eigenvalue weighted by atomic mass is 9.83. The van der Waals surface area contributed by atoms with Crippen molar-refractivity contribution >= 4 is 41.1 Å². The molecule has 1 saturated carbocycles. The van der Waals surface area contributed by atoms with Crippen LogP contribution in [0.2, 0.25) is 10.0 Å². The average Bonchev–Trinajstić information content (AvgIpc) is 2.92. The first-order valence-electron chi connectivity index (χ1n) is 14.2. The van der Waals surface area contributed by atoms with Crippen molar-refractivity contribution in [3.63, 3.8) is 0 Å². The van der Waals surface area contributed by atoms with Crippen LogP contribution >= 0.6 is 23.2 Å². The lowest BCUT2D eigenvalue weighted by molar-refractivity contribution is -0.138. The minimum Gasteiger partial charge on any atom is -0.444 e. The minimum atomic E-state index is -0.832. The number of halogens is 2. The summed E-state index contributed by atoms with van der Waals surface area (Å²) in [6, 6.07) is 4.58. The molecule has 2 N–H and O–H groups in total. The van der Waals surface area contributed by atoms with E-state index < -0.39 is 17.7 Å². The lowest BCUT2D eigenvalue weighted by Crippen LogP contribution is -2.58. The number of benzene rings is 1. The van der Waals surface area contributed by atoms with Crippen LogP contribution in [0.4, 0.5) is 4.79 Å². The maximum Gasteiger partial charge on any atom is 0.407 e. The molecule has 0 unspecified atom stereocenters. The van der Waals surface area contributed by atoms with E-state index in [1.807, 2.05) is 0 Å². The molecule has 1 heterocycles. The summed E-state index contributed by atoms with van der Waals surface area (Å²) >= 11 is 12.5. The molecule has 1 aromatic rings. The topological polar surface area (TPSA) is 140 Å². The average molecular weight is 611 g/mol. The molecule has 226 valence electrons. The number of azide groups is 1. The minimum absolute atomic E-state index is 0.0145. The number of ether oxygens (including phenoxy) is 1. The number of hydrogen-bond donors (Lipinski definition) is 2. The summed E-state index contributed by atoms with van der Waals surface area (Å²) < 4.78 is 5.21. The van der Waals surface area contributed by atoms with Gasteiger partial charge in [-0.25, -0.2) is 4.79 Å². The zero-order valence-electron chi connectivity index (χ0n) is 24.1. The van der Waals surface area contributed by atoms with Crippen LogP contribution < -0.4 is 10.6 Å². The van der Waals surface area contributed by atoms with Gasteiger partial charge >= 0.3 is 6.09 Å². The summed E-state index contributed by atoms with van der Waals surface area (Å²) in [5.74, 6) is -0.222. The van der Waals surface area contributed by atoms with Crippen LogP contribution in [-0.2, 0) is 20.7 Å². The molecule has 0 aromatic heterocycles. The van der Waals surface area contributed by atoms with Crippen LogP contribution in [0.5, 0.6) is 0 Å². The third kappa shape index (κ3) is 10.6. The fourth-order valence-electron chi connectivity index (χ4n) is 5.48. The van der Waals surface area contributed by atoms with E-state index in [0.717, 1.165) is 25.7 Å². The van der Waals surface area contributed by atoms with Gasteiger partial charge in [0.05, 0.1) is 0 Å². The predicted molar refractivity (Wildman–Crippen MR) is 159 cm³/mol. The largest absolute Gasteiger partial charge is 0.444 e. The molecule has 1 aromatic carbocycles. The number of nitrogens with zero attached hydrogens (tertiary/aromatic N) is 5. The molecule has 2 fully saturated rings. The van der Waals surface area contributed by atoms with E-state index >= 15 is 0 Å². The number of hydrogen-bond acceptors (Lipinski definition) is 6. The first-order chi connectivity index (χ1) is 19.5. The van der Waals surface area contributed by atoms with Gasteiger partial charge in [0.2, 0.25) is 11.8 Å². The Balaban J connectivity index is 1.62. The van der Waals surface area contributed by atoms with Gasteiger partial charge in [-0.3, -0.25) is 14.5 Å². The molecule has 41 heavy (non-hydrogen) atoms. The van der Waals surface area contributed by atoms with E-state index in [1.165, 1.54) is 0 Å². The number of carbonyl (C=O) groups is 3. The van der Waals surface area contributed by atoms with Crippen LogP contribution in [0.25, 0.3) is 10.4 Å². The standard InChI is InChI=1S/C28H41Cl2N7O4/c1-28(2,3)41-27(40)32-11-10-25(38)34-23(16-19-8-9-21(29)17-22(19)30)26(39)37-14-12-36(13-15-37)24-7-5-4-6-20(24)18-33-35-31/h8-9,17,20,23-24H,4-7,10-16,18H2,1-3H3,(H,32,40)(H,34,38)/t20-,23-,24-/m1/s1. The Morgan fingerprint density at radius 3 is 2.51 bits per heavy atom. The molecule has 0 bridgehead atoms. The summed E-state index contributed by atoms with van der Waals surface area (Å²) in [6.07, 6.45) is 3.98. The van der Waals surface area contributed by atoms with Crippen molar-refractivity contribution in [2.75, 3.05) is 39.3 Å². The summed E-state index contributed by atoms with van der Waals surface area (Å²) in [5.41, 5.74) is 8.84. The van der Waals surface area contributed by atoms with Crippen molar-refractivity contribution in [2.24, 2.45) is 11.0 Å². The number of amides is 3. The first kappa shape index (κ1) is 32.8. The Morgan fingerprint density at radius 2 is 1.85 bits per heavy atom. The lowest BCUT2D eigenvalue weighted by Gasteiger charge is -2.44. The molecule has 1 saturated heterocycles. The van der Waals surface area contributed by atoms with Crippen molar-refractivity contribution in [3.05, 3.63) is 44.3 Å². The fraction of sp³-hybridized carbons (Fsp3) is 0.679. The van der Waals surface area contributed by atoms with Crippen LogP contribution in [0, 0.1) is 5.92 Å². The van der Waals surface area contributed by atoms with Crippen LogP contribution in [0.1, 0.15) is 58.4 Å². The summed E-state index contributed by atoms with van der Waals surface area (Å²) in [7, 11) is 0. The summed E-state index contributed by atoms with van der Waals surface area (Å²) in [4.78, 5) is 45.6. The highest BCUT2D eigenvalue weighted by atomic mass is 35.5. The molecule has 2 aliphatic rings. The molecular formula is C28H41Cl2N7O4. The normalized spacial score (nSPS) is 20.5. The Morgan fingerprint density at radius 1 is 1.15 bits per heavy atom. The van der Waals surface area contributed by atoms with E-state index in [4.69, 9.17) is 33.5 Å². The van der Waals surface area contributed by atoms with E-state index in [0.29, 0.717) is 60.3 Å². The summed E-state index contributed by atoms with van der Waals surface area (Å²) in [6.45, 7) is 8.33. The van der Waals surface area contributed by atoms with Gasteiger partial charge in [0, 0.05) is 73.1 Å². The Bertz CT molecular complexity index is 1120. The fourth-order valence-corrected chi connectivity index (χ4v) is 5.97. The van der Waals surface area contributed by atoms with Crippen molar-refractivity contribution in [1.29, 1.82) is 0 Å². The highest BCUT2D eigenvalue weighted by molar-refractivity contribution is 6.35. The Hall–Kier alpha value is -2.72. The number of carbonyl (C=O) groups excluding carboxylic acids is 3. The zero-order chi connectivity index (χ0) is 30.0. The van der Waals surface area contributed by atoms with E-state index in [1.54, 1.807) is 43.9 Å². The molecule has 0 spiro atoms. The predicted octanol–water partition coefficient (Wildman–Crippen LogP) is 4.95. The van der Waals surface area contributed by atoms with Gasteiger partial charge in [-0.05, 0) is 62.8 Å². The van der Waals surface area contributed by atoms with Crippen molar-refractivity contribution in [3.8, 4) is 0 Å².